The molecule has 1 saturated heterocycles. The molecule has 0 bridgehead atoms. The molecule has 0 radical (unpaired) electrons. The summed E-state index contributed by atoms with van der Waals surface area (Å²) in [7, 11) is -0.573. The van der Waals surface area contributed by atoms with Crippen molar-refractivity contribution < 1.29 is 4.21 Å². The molecular weight excluding hydrogens is 270 g/mol. The van der Waals surface area contributed by atoms with Crippen LogP contribution in [0, 0.1) is 6.92 Å². The van der Waals surface area contributed by atoms with Gasteiger partial charge >= 0.3 is 0 Å². The van der Waals surface area contributed by atoms with Crippen molar-refractivity contribution in [2.24, 2.45) is 0 Å². The number of benzene rings is 1. The third kappa shape index (κ3) is 2.94. The van der Waals surface area contributed by atoms with E-state index >= 15 is 0 Å². The van der Waals surface area contributed by atoms with E-state index in [2.05, 4.69) is 40.0 Å². The highest BCUT2D eigenvalue weighted by Gasteiger charge is 2.17. The van der Waals surface area contributed by atoms with Crippen molar-refractivity contribution in [3.05, 3.63) is 30.1 Å². The first-order valence-corrected chi connectivity index (χ1v) is 8.73. The lowest BCUT2D eigenvalue weighted by Gasteiger charge is -2.22. The molecule has 1 aromatic heterocycles. The van der Waals surface area contributed by atoms with E-state index in [0.717, 1.165) is 48.8 Å². The van der Waals surface area contributed by atoms with Crippen molar-refractivity contribution in [2.75, 3.05) is 18.1 Å². The van der Waals surface area contributed by atoms with E-state index in [-0.39, 0.29) is 0 Å². The second-order valence-electron chi connectivity index (χ2n) is 5.38. The molecule has 1 N–H and O–H groups in total. The topological polar surface area (TPSA) is 46.9 Å². The number of aryl methyl sites for hydroxylation is 1. The van der Waals surface area contributed by atoms with E-state index in [1.54, 1.807) is 0 Å². The van der Waals surface area contributed by atoms with Crippen LogP contribution >= 0.6 is 0 Å². The van der Waals surface area contributed by atoms with Crippen LogP contribution in [0.4, 0.5) is 0 Å². The average molecular weight is 291 g/mol. The highest BCUT2D eigenvalue weighted by atomic mass is 32.2. The van der Waals surface area contributed by atoms with E-state index in [0.29, 0.717) is 6.04 Å². The Bertz CT molecular complexity index is 613. The molecule has 3 rings (SSSR count). The lowest BCUT2D eigenvalue weighted by molar-refractivity contribution is 0.459. The Hall–Kier alpha value is -1.20. The molecule has 1 fully saturated rings. The number of nitrogens with one attached hydrogen (secondary N) is 1. The molecule has 0 unspecified atom stereocenters. The number of fused-ring (bicyclic) bond motifs is 1. The number of nitrogens with zero attached hydrogens (tertiary/aromatic N) is 2. The molecule has 2 aromatic rings. The molecule has 0 spiro atoms. The fourth-order valence-corrected chi connectivity index (χ4v) is 4.16. The van der Waals surface area contributed by atoms with Crippen molar-refractivity contribution in [3.8, 4) is 0 Å². The highest BCUT2D eigenvalue weighted by Crippen LogP contribution is 2.15. The third-order valence-electron chi connectivity index (χ3n) is 4.00. The number of aromatic nitrogens is 2. The number of imidazole rings is 1. The smallest absolute Gasteiger partial charge is 0.106 e. The maximum atomic E-state index is 11.3. The normalized spacial score (nSPS) is 23.2. The summed E-state index contributed by atoms with van der Waals surface area (Å²) < 4.78 is 13.6. The van der Waals surface area contributed by atoms with Crippen LogP contribution in [0.1, 0.15) is 18.7 Å². The highest BCUT2D eigenvalue weighted by molar-refractivity contribution is 7.85. The number of hydrogen-bond acceptors (Lipinski definition) is 3. The first-order valence-electron chi connectivity index (χ1n) is 7.24. The second-order valence-corrected chi connectivity index (χ2v) is 7.07. The van der Waals surface area contributed by atoms with E-state index in [1.807, 2.05) is 6.07 Å². The van der Waals surface area contributed by atoms with Gasteiger partial charge in [-0.3, -0.25) is 4.21 Å². The van der Waals surface area contributed by atoms with Gasteiger partial charge in [-0.15, -0.1) is 0 Å². The zero-order chi connectivity index (χ0) is 13.9. The Kier molecular flexibility index (Phi) is 4.17. The van der Waals surface area contributed by atoms with Crippen molar-refractivity contribution in [3.63, 3.8) is 0 Å². The minimum Gasteiger partial charge on any atom is -0.327 e. The molecular formula is C15H21N3OS. The zero-order valence-corrected chi connectivity index (χ0v) is 12.7. The summed E-state index contributed by atoms with van der Waals surface area (Å²) in [6, 6.07) is 8.80. The van der Waals surface area contributed by atoms with E-state index in [1.165, 1.54) is 5.52 Å². The Balaban J connectivity index is 1.60. The number of para-hydroxylation sites is 2. The number of rotatable bonds is 4. The van der Waals surface area contributed by atoms with E-state index < -0.39 is 10.8 Å². The van der Waals surface area contributed by atoms with Crippen LogP contribution in [0.25, 0.3) is 11.0 Å². The molecule has 2 heterocycles. The van der Waals surface area contributed by atoms with Gasteiger partial charge in [-0.2, -0.15) is 0 Å². The zero-order valence-electron chi connectivity index (χ0n) is 11.8. The van der Waals surface area contributed by atoms with Gasteiger partial charge in [0.2, 0.25) is 0 Å². The lowest BCUT2D eigenvalue weighted by Crippen LogP contribution is -2.37. The van der Waals surface area contributed by atoms with Crippen molar-refractivity contribution >= 4 is 21.8 Å². The summed E-state index contributed by atoms with van der Waals surface area (Å²) in [6.07, 6.45) is 2.08. The quantitative estimate of drug-likeness (QED) is 0.935. The van der Waals surface area contributed by atoms with Gasteiger partial charge in [0, 0.05) is 41.4 Å². The van der Waals surface area contributed by atoms with Crippen molar-refractivity contribution in [1.29, 1.82) is 0 Å². The van der Waals surface area contributed by atoms with Crippen LogP contribution < -0.4 is 5.32 Å². The third-order valence-corrected chi connectivity index (χ3v) is 5.38. The summed E-state index contributed by atoms with van der Waals surface area (Å²) >= 11 is 0. The molecule has 1 aromatic carbocycles. The fraction of sp³-hybridized carbons (Fsp3) is 0.533. The monoisotopic (exact) mass is 291 g/mol. The summed E-state index contributed by atoms with van der Waals surface area (Å²) in [5.74, 6) is 2.77. The Morgan fingerprint density at radius 2 is 2.10 bits per heavy atom. The summed E-state index contributed by atoms with van der Waals surface area (Å²) in [4.78, 5) is 4.58. The largest absolute Gasteiger partial charge is 0.327 e. The molecule has 4 nitrogen and oxygen atoms in total. The predicted molar refractivity (Wildman–Crippen MR) is 83.4 cm³/mol. The minimum absolute atomic E-state index is 0.530. The van der Waals surface area contributed by atoms with Gasteiger partial charge in [0.25, 0.3) is 0 Å². The lowest BCUT2D eigenvalue weighted by atomic mass is 10.1. The molecule has 0 aliphatic carbocycles. The van der Waals surface area contributed by atoms with Gasteiger partial charge in [-0.1, -0.05) is 12.1 Å². The van der Waals surface area contributed by atoms with Crippen LogP contribution in [0.3, 0.4) is 0 Å². The van der Waals surface area contributed by atoms with E-state index in [4.69, 9.17) is 0 Å². The Labute approximate surface area is 122 Å². The maximum absolute atomic E-state index is 11.3. The summed E-state index contributed by atoms with van der Waals surface area (Å²) in [6.45, 7) is 3.94. The Morgan fingerprint density at radius 3 is 2.90 bits per heavy atom. The van der Waals surface area contributed by atoms with Gasteiger partial charge in [-0.25, -0.2) is 4.98 Å². The predicted octanol–water partition coefficient (Wildman–Crippen LogP) is 1.85. The first-order chi connectivity index (χ1) is 9.74. The van der Waals surface area contributed by atoms with Crippen molar-refractivity contribution in [1.82, 2.24) is 14.9 Å². The van der Waals surface area contributed by atoms with Crippen LogP contribution in [0.2, 0.25) is 0 Å². The van der Waals surface area contributed by atoms with Gasteiger partial charge < -0.3 is 9.88 Å². The van der Waals surface area contributed by atoms with Gasteiger partial charge in [0.05, 0.1) is 11.0 Å². The SMILES string of the molecule is Cc1nc2ccccc2n1CCNC1CCS(=O)CC1. The molecule has 0 saturated carbocycles. The molecule has 5 heteroatoms. The van der Waals surface area contributed by atoms with Crippen molar-refractivity contribution in [2.45, 2.75) is 32.4 Å². The molecule has 0 amide bonds. The summed E-state index contributed by atoms with van der Waals surface area (Å²) in [5, 5.41) is 3.59. The van der Waals surface area contributed by atoms with Crippen LogP contribution in [-0.4, -0.2) is 37.9 Å². The second kappa shape index (κ2) is 6.06. The minimum atomic E-state index is -0.573. The van der Waals surface area contributed by atoms with Gasteiger partial charge in [-0.05, 0) is 31.9 Å². The first kappa shape index (κ1) is 13.8. The van der Waals surface area contributed by atoms with Gasteiger partial charge in [0.1, 0.15) is 5.82 Å². The van der Waals surface area contributed by atoms with Crippen LogP contribution in [0.15, 0.2) is 24.3 Å². The maximum Gasteiger partial charge on any atom is 0.106 e. The van der Waals surface area contributed by atoms with E-state index in [9.17, 15) is 4.21 Å². The number of hydrogen-bond donors (Lipinski definition) is 1. The average Bonchev–Trinajstić information content (AvgIpc) is 2.77. The van der Waals surface area contributed by atoms with Gasteiger partial charge in [0.15, 0.2) is 0 Å². The summed E-state index contributed by atoms with van der Waals surface area (Å²) in [5.41, 5.74) is 2.27. The Morgan fingerprint density at radius 1 is 1.35 bits per heavy atom. The molecule has 0 atom stereocenters. The standard InChI is InChI=1S/C15H21N3OS/c1-12-17-14-4-2-3-5-15(14)18(12)9-8-16-13-6-10-20(19)11-7-13/h2-5,13,16H,6-11H2,1H3. The van der Waals surface area contributed by atoms with Crippen LogP contribution in [0.5, 0.6) is 0 Å². The molecule has 108 valence electrons. The fourth-order valence-electron chi connectivity index (χ4n) is 2.86. The molecule has 1 aliphatic heterocycles. The molecule has 1 aliphatic rings. The van der Waals surface area contributed by atoms with Crippen LogP contribution in [-0.2, 0) is 17.3 Å². The molecule has 20 heavy (non-hydrogen) atoms.